The predicted molar refractivity (Wildman–Crippen MR) is 54.1 cm³/mol. The van der Waals surface area contributed by atoms with Crippen LogP contribution in [0, 0.1) is 0 Å². The van der Waals surface area contributed by atoms with Crippen molar-refractivity contribution in [2.75, 3.05) is 0 Å². The Morgan fingerprint density at radius 3 is 3.06 bits per heavy atom. The standard InChI is InChI=1S/C9H10N6O/c10-6-2-1-5(3-6)9-13-8(15-16-9)7-11-4-12-14-7/h1-2,4-6H,3,10H2,(H,11,12,14). The molecule has 1 aliphatic carbocycles. The highest BCUT2D eigenvalue weighted by atomic mass is 16.5. The lowest BCUT2D eigenvalue weighted by molar-refractivity contribution is 0.364. The molecule has 3 rings (SSSR count). The summed E-state index contributed by atoms with van der Waals surface area (Å²) >= 11 is 0. The number of hydrogen-bond acceptors (Lipinski definition) is 6. The zero-order chi connectivity index (χ0) is 11.0. The van der Waals surface area contributed by atoms with E-state index in [0.717, 1.165) is 6.42 Å². The fourth-order valence-corrected chi connectivity index (χ4v) is 1.71. The van der Waals surface area contributed by atoms with Crippen LogP contribution in [-0.2, 0) is 0 Å². The van der Waals surface area contributed by atoms with Crippen LogP contribution in [0.5, 0.6) is 0 Å². The summed E-state index contributed by atoms with van der Waals surface area (Å²) in [7, 11) is 0. The van der Waals surface area contributed by atoms with Crippen molar-refractivity contribution in [2.45, 2.75) is 18.4 Å². The minimum atomic E-state index is 0.0747. The molecule has 82 valence electrons. The Balaban J connectivity index is 1.86. The first-order valence-electron chi connectivity index (χ1n) is 4.96. The topological polar surface area (TPSA) is 107 Å². The van der Waals surface area contributed by atoms with E-state index in [0.29, 0.717) is 17.5 Å². The van der Waals surface area contributed by atoms with E-state index in [1.165, 1.54) is 6.33 Å². The van der Waals surface area contributed by atoms with E-state index in [1.807, 2.05) is 12.2 Å². The average Bonchev–Trinajstić information content (AvgIpc) is 2.97. The first-order chi connectivity index (χ1) is 7.83. The van der Waals surface area contributed by atoms with Crippen molar-refractivity contribution < 1.29 is 4.52 Å². The SMILES string of the molecule is NC1C=CC(c2nc(-c3ncn[nH]3)no2)C1. The molecule has 0 aromatic carbocycles. The minimum absolute atomic E-state index is 0.0747. The normalized spacial score (nSPS) is 24.1. The number of hydrogen-bond donors (Lipinski definition) is 2. The Bertz CT molecular complexity index is 502. The lowest BCUT2D eigenvalue weighted by Crippen LogP contribution is -2.14. The lowest BCUT2D eigenvalue weighted by Gasteiger charge is -2.01. The molecule has 0 amide bonds. The van der Waals surface area contributed by atoms with Gasteiger partial charge in [-0.2, -0.15) is 10.1 Å². The molecule has 0 saturated heterocycles. The van der Waals surface area contributed by atoms with Gasteiger partial charge in [0.05, 0.1) is 5.92 Å². The first-order valence-corrected chi connectivity index (χ1v) is 4.96. The number of aromatic amines is 1. The molecule has 0 aliphatic heterocycles. The van der Waals surface area contributed by atoms with Gasteiger partial charge >= 0.3 is 0 Å². The fourth-order valence-electron chi connectivity index (χ4n) is 1.71. The molecule has 0 bridgehead atoms. The van der Waals surface area contributed by atoms with Crippen LogP contribution in [0.3, 0.4) is 0 Å². The average molecular weight is 218 g/mol. The summed E-state index contributed by atoms with van der Waals surface area (Å²) in [5, 5.41) is 10.2. The zero-order valence-corrected chi connectivity index (χ0v) is 8.37. The highest BCUT2D eigenvalue weighted by Crippen LogP contribution is 2.27. The molecule has 7 heteroatoms. The predicted octanol–water partition coefficient (Wildman–Crippen LogP) is 0.225. The molecule has 0 fully saturated rings. The molecule has 2 aromatic heterocycles. The zero-order valence-electron chi connectivity index (χ0n) is 8.37. The van der Waals surface area contributed by atoms with E-state index in [4.69, 9.17) is 10.3 Å². The molecule has 2 unspecified atom stereocenters. The van der Waals surface area contributed by atoms with Gasteiger partial charge in [-0.15, -0.1) is 0 Å². The Morgan fingerprint density at radius 2 is 2.38 bits per heavy atom. The van der Waals surface area contributed by atoms with Crippen molar-refractivity contribution in [3.05, 3.63) is 24.4 Å². The van der Waals surface area contributed by atoms with Crippen molar-refractivity contribution in [1.82, 2.24) is 25.3 Å². The van der Waals surface area contributed by atoms with Crippen molar-refractivity contribution in [2.24, 2.45) is 5.73 Å². The highest BCUT2D eigenvalue weighted by Gasteiger charge is 2.23. The van der Waals surface area contributed by atoms with Crippen molar-refractivity contribution in [3.8, 4) is 11.6 Å². The second-order valence-electron chi connectivity index (χ2n) is 3.68. The summed E-state index contributed by atoms with van der Waals surface area (Å²) in [4.78, 5) is 8.20. The van der Waals surface area contributed by atoms with Gasteiger partial charge in [-0.1, -0.05) is 17.3 Å². The molecule has 0 radical (unpaired) electrons. The smallest absolute Gasteiger partial charge is 0.239 e. The van der Waals surface area contributed by atoms with Crippen molar-refractivity contribution in [3.63, 3.8) is 0 Å². The summed E-state index contributed by atoms with van der Waals surface area (Å²) in [6.45, 7) is 0. The number of allylic oxidation sites excluding steroid dienone is 1. The Morgan fingerprint density at radius 1 is 1.44 bits per heavy atom. The van der Waals surface area contributed by atoms with Gasteiger partial charge in [0.25, 0.3) is 0 Å². The highest BCUT2D eigenvalue weighted by molar-refractivity contribution is 5.40. The fraction of sp³-hybridized carbons (Fsp3) is 0.333. The van der Waals surface area contributed by atoms with E-state index in [-0.39, 0.29) is 12.0 Å². The Labute approximate surface area is 90.8 Å². The summed E-state index contributed by atoms with van der Waals surface area (Å²) in [6.07, 6.45) is 6.14. The summed E-state index contributed by atoms with van der Waals surface area (Å²) in [5.74, 6) is 1.59. The number of nitrogens with two attached hydrogens (primary N) is 1. The van der Waals surface area contributed by atoms with Crippen LogP contribution in [0.2, 0.25) is 0 Å². The van der Waals surface area contributed by atoms with E-state index < -0.39 is 0 Å². The molecule has 0 saturated carbocycles. The maximum absolute atomic E-state index is 5.76. The van der Waals surface area contributed by atoms with Crippen LogP contribution in [0.15, 0.2) is 23.0 Å². The monoisotopic (exact) mass is 218 g/mol. The van der Waals surface area contributed by atoms with Crippen LogP contribution in [0.25, 0.3) is 11.6 Å². The van der Waals surface area contributed by atoms with Gasteiger partial charge in [0, 0.05) is 6.04 Å². The van der Waals surface area contributed by atoms with Crippen LogP contribution in [0.1, 0.15) is 18.2 Å². The summed E-state index contributed by atoms with van der Waals surface area (Å²) in [6, 6.07) is 0.0747. The van der Waals surface area contributed by atoms with Gasteiger partial charge in [0.1, 0.15) is 6.33 Å². The molecule has 2 atom stereocenters. The third-order valence-electron chi connectivity index (χ3n) is 2.50. The van der Waals surface area contributed by atoms with Crippen LogP contribution in [0.4, 0.5) is 0 Å². The van der Waals surface area contributed by atoms with E-state index in [9.17, 15) is 0 Å². The number of rotatable bonds is 2. The maximum atomic E-state index is 5.76. The van der Waals surface area contributed by atoms with Gasteiger partial charge in [0.2, 0.25) is 11.7 Å². The third-order valence-corrected chi connectivity index (χ3v) is 2.50. The molecule has 0 spiro atoms. The number of nitrogens with one attached hydrogen (secondary N) is 1. The number of H-pyrrole nitrogens is 1. The maximum Gasteiger partial charge on any atom is 0.239 e. The molecule has 2 heterocycles. The van der Waals surface area contributed by atoms with Crippen LogP contribution >= 0.6 is 0 Å². The largest absolute Gasteiger partial charge is 0.338 e. The second kappa shape index (κ2) is 3.53. The molecule has 2 aromatic rings. The number of nitrogens with zero attached hydrogens (tertiary/aromatic N) is 4. The van der Waals surface area contributed by atoms with Gasteiger partial charge in [-0.3, -0.25) is 5.10 Å². The Kier molecular flexibility index (Phi) is 2.03. The molecular formula is C9H10N6O. The van der Waals surface area contributed by atoms with E-state index >= 15 is 0 Å². The van der Waals surface area contributed by atoms with Crippen molar-refractivity contribution >= 4 is 0 Å². The summed E-state index contributed by atoms with van der Waals surface area (Å²) in [5.41, 5.74) is 5.76. The van der Waals surface area contributed by atoms with Gasteiger partial charge < -0.3 is 10.3 Å². The summed E-state index contributed by atoms with van der Waals surface area (Å²) < 4.78 is 5.16. The molecule has 7 nitrogen and oxygen atoms in total. The third kappa shape index (κ3) is 1.50. The first kappa shape index (κ1) is 9.22. The van der Waals surface area contributed by atoms with Gasteiger partial charge in [0.15, 0.2) is 5.82 Å². The van der Waals surface area contributed by atoms with E-state index in [2.05, 4.69) is 25.3 Å². The van der Waals surface area contributed by atoms with Gasteiger partial charge in [-0.25, -0.2) is 4.98 Å². The van der Waals surface area contributed by atoms with Crippen LogP contribution < -0.4 is 5.73 Å². The quantitative estimate of drug-likeness (QED) is 0.698. The molecule has 16 heavy (non-hydrogen) atoms. The second-order valence-corrected chi connectivity index (χ2v) is 3.68. The molecule has 3 N–H and O–H groups in total. The minimum Gasteiger partial charge on any atom is -0.338 e. The van der Waals surface area contributed by atoms with E-state index in [1.54, 1.807) is 0 Å². The van der Waals surface area contributed by atoms with Crippen molar-refractivity contribution in [1.29, 1.82) is 0 Å². The molecular weight excluding hydrogens is 208 g/mol. The molecule has 1 aliphatic rings. The lowest BCUT2D eigenvalue weighted by atomic mass is 10.1. The van der Waals surface area contributed by atoms with Crippen LogP contribution in [-0.4, -0.2) is 31.4 Å². The number of aromatic nitrogens is 5. The Hall–Kier alpha value is -2.02. The van der Waals surface area contributed by atoms with Gasteiger partial charge in [-0.05, 0) is 6.42 Å².